The highest BCUT2D eigenvalue weighted by Gasteiger charge is 2.14. The van der Waals surface area contributed by atoms with E-state index in [4.69, 9.17) is 0 Å². The number of hydrogen-bond acceptors (Lipinski definition) is 1. The molecule has 0 spiro atoms. The largest absolute Gasteiger partial charge is 0.311 e. The van der Waals surface area contributed by atoms with E-state index in [0.717, 1.165) is 12.0 Å². The second kappa shape index (κ2) is 6.89. The summed E-state index contributed by atoms with van der Waals surface area (Å²) in [6, 6.07) is 8.04. The average molecular weight is 249 g/mol. The summed E-state index contributed by atoms with van der Waals surface area (Å²) in [4.78, 5) is 0. The molecule has 1 unspecified atom stereocenters. The van der Waals surface area contributed by atoms with Crippen molar-refractivity contribution in [3.63, 3.8) is 0 Å². The normalized spacial score (nSPS) is 19.4. The summed E-state index contributed by atoms with van der Waals surface area (Å²) in [5, 5.41) is 3.70. The Balaban J connectivity index is 1.82. The van der Waals surface area contributed by atoms with Gasteiger partial charge in [-0.1, -0.05) is 37.8 Å². The Hall–Kier alpha value is -0.890. The van der Waals surface area contributed by atoms with Gasteiger partial charge in [0.2, 0.25) is 0 Å². The lowest BCUT2D eigenvalue weighted by atomic mass is 10.0. The summed E-state index contributed by atoms with van der Waals surface area (Å²) in [5.41, 5.74) is 1.09. The molecule has 1 aromatic carbocycles. The van der Waals surface area contributed by atoms with E-state index in [1.807, 2.05) is 6.07 Å². The molecule has 0 amide bonds. The van der Waals surface area contributed by atoms with Crippen molar-refractivity contribution >= 4 is 0 Å². The Bertz CT molecular complexity index is 356. The Morgan fingerprint density at radius 2 is 1.94 bits per heavy atom. The van der Waals surface area contributed by atoms with E-state index in [2.05, 4.69) is 12.2 Å². The molecule has 1 atom stereocenters. The third kappa shape index (κ3) is 4.41. The molecule has 0 bridgehead atoms. The Morgan fingerprint density at radius 1 is 1.22 bits per heavy atom. The summed E-state index contributed by atoms with van der Waals surface area (Å²) in [7, 11) is 0. The monoisotopic (exact) mass is 249 g/mol. The first kappa shape index (κ1) is 13.5. The molecule has 2 rings (SSSR count). The topological polar surface area (TPSA) is 12.0 Å². The van der Waals surface area contributed by atoms with Crippen LogP contribution in [0.4, 0.5) is 4.39 Å². The van der Waals surface area contributed by atoms with Crippen molar-refractivity contribution in [2.24, 2.45) is 0 Å². The minimum atomic E-state index is -0.130. The molecule has 1 fully saturated rings. The first-order chi connectivity index (χ1) is 8.74. The van der Waals surface area contributed by atoms with Crippen LogP contribution < -0.4 is 5.32 Å². The molecule has 1 aliphatic rings. The maximum Gasteiger partial charge on any atom is 0.123 e. The van der Waals surface area contributed by atoms with E-state index >= 15 is 0 Å². The first-order valence-corrected chi connectivity index (χ1v) is 7.24. The highest BCUT2D eigenvalue weighted by Crippen LogP contribution is 2.18. The molecule has 1 saturated carbocycles. The van der Waals surface area contributed by atoms with E-state index in [1.54, 1.807) is 12.1 Å². The summed E-state index contributed by atoms with van der Waals surface area (Å²) >= 11 is 0. The number of nitrogens with one attached hydrogen (secondary N) is 1. The summed E-state index contributed by atoms with van der Waals surface area (Å²) < 4.78 is 13.1. The second-order valence-corrected chi connectivity index (χ2v) is 5.59. The van der Waals surface area contributed by atoms with Gasteiger partial charge in [-0.25, -0.2) is 4.39 Å². The maximum atomic E-state index is 13.1. The molecule has 0 aliphatic heterocycles. The highest BCUT2D eigenvalue weighted by atomic mass is 19.1. The smallest absolute Gasteiger partial charge is 0.123 e. The van der Waals surface area contributed by atoms with Gasteiger partial charge in [-0.15, -0.1) is 0 Å². The minimum Gasteiger partial charge on any atom is -0.311 e. The zero-order chi connectivity index (χ0) is 12.8. The molecule has 0 heterocycles. The van der Waals surface area contributed by atoms with Gasteiger partial charge in [0.1, 0.15) is 5.82 Å². The molecule has 0 aromatic heterocycles. The lowest BCUT2D eigenvalue weighted by Gasteiger charge is -2.22. The average Bonchev–Trinajstić information content (AvgIpc) is 2.57. The molecule has 100 valence electrons. The molecule has 0 radical (unpaired) electrons. The van der Waals surface area contributed by atoms with E-state index in [-0.39, 0.29) is 5.82 Å². The molecule has 18 heavy (non-hydrogen) atoms. The predicted octanol–water partition coefficient (Wildman–Crippen LogP) is 4.07. The van der Waals surface area contributed by atoms with Crippen LogP contribution in [0.15, 0.2) is 24.3 Å². The van der Waals surface area contributed by atoms with Crippen LogP contribution in [0.25, 0.3) is 0 Å². The molecular formula is C16H24FN. The van der Waals surface area contributed by atoms with Gasteiger partial charge in [0.15, 0.2) is 0 Å². The Kier molecular flexibility index (Phi) is 5.18. The molecule has 1 nitrogen and oxygen atoms in total. The SMILES string of the molecule is CC(Cc1cccc(F)c1)NC1CCCCCC1. The van der Waals surface area contributed by atoms with Crippen LogP contribution in [-0.4, -0.2) is 12.1 Å². The fraction of sp³-hybridized carbons (Fsp3) is 0.625. The van der Waals surface area contributed by atoms with E-state index in [9.17, 15) is 4.39 Å². The van der Waals surface area contributed by atoms with Crippen LogP contribution in [0.2, 0.25) is 0 Å². The molecular weight excluding hydrogens is 225 g/mol. The third-order valence-corrected chi connectivity index (χ3v) is 3.81. The van der Waals surface area contributed by atoms with Crippen LogP contribution in [-0.2, 0) is 6.42 Å². The molecule has 2 heteroatoms. The molecule has 1 aliphatic carbocycles. The highest BCUT2D eigenvalue weighted by molar-refractivity contribution is 5.17. The quantitative estimate of drug-likeness (QED) is 0.793. The van der Waals surface area contributed by atoms with Crippen LogP contribution in [0.1, 0.15) is 51.0 Å². The lowest BCUT2D eigenvalue weighted by Crippen LogP contribution is -2.37. The van der Waals surface area contributed by atoms with Crippen LogP contribution in [0, 0.1) is 5.82 Å². The van der Waals surface area contributed by atoms with Gasteiger partial charge in [-0.05, 0) is 43.9 Å². The zero-order valence-corrected chi connectivity index (χ0v) is 11.3. The van der Waals surface area contributed by atoms with Gasteiger partial charge in [0.05, 0.1) is 0 Å². The molecule has 1 N–H and O–H groups in total. The van der Waals surface area contributed by atoms with E-state index in [0.29, 0.717) is 12.1 Å². The van der Waals surface area contributed by atoms with Crippen molar-refractivity contribution < 1.29 is 4.39 Å². The van der Waals surface area contributed by atoms with E-state index in [1.165, 1.54) is 44.6 Å². The summed E-state index contributed by atoms with van der Waals surface area (Å²) in [6.45, 7) is 2.20. The van der Waals surface area contributed by atoms with Gasteiger partial charge >= 0.3 is 0 Å². The Labute approximate surface area is 110 Å². The maximum absolute atomic E-state index is 13.1. The number of halogens is 1. The lowest BCUT2D eigenvalue weighted by molar-refractivity contribution is 0.405. The first-order valence-electron chi connectivity index (χ1n) is 7.24. The van der Waals surface area contributed by atoms with Crippen molar-refractivity contribution in [3.05, 3.63) is 35.6 Å². The van der Waals surface area contributed by atoms with Crippen molar-refractivity contribution in [1.82, 2.24) is 5.32 Å². The number of benzene rings is 1. The second-order valence-electron chi connectivity index (χ2n) is 5.59. The fourth-order valence-corrected chi connectivity index (χ4v) is 2.92. The Morgan fingerprint density at radius 3 is 2.61 bits per heavy atom. The number of rotatable bonds is 4. The van der Waals surface area contributed by atoms with Gasteiger partial charge in [0.25, 0.3) is 0 Å². The van der Waals surface area contributed by atoms with Crippen molar-refractivity contribution in [1.29, 1.82) is 0 Å². The summed E-state index contributed by atoms with van der Waals surface area (Å²) in [5.74, 6) is -0.130. The van der Waals surface area contributed by atoms with Gasteiger partial charge in [-0.3, -0.25) is 0 Å². The summed E-state index contributed by atoms with van der Waals surface area (Å²) in [6.07, 6.45) is 8.98. The predicted molar refractivity (Wildman–Crippen MR) is 74.2 cm³/mol. The zero-order valence-electron chi connectivity index (χ0n) is 11.3. The van der Waals surface area contributed by atoms with Crippen LogP contribution >= 0.6 is 0 Å². The van der Waals surface area contributed by atoms with Crippen LogP contribution in [0.5, 0.6) is 0 Å². The van der Waals surface area contributed by atoms with Crippen LogP contribution in [0.3, 0.4) is 0 Å². The van der Waals surface area contributed by atoms with Crippen molar-refractivity contribution in [3.8, 4) is 0 Å². The van der Waals surface area contributed by atoms with Crippen molar-refractivity contribution in [2.75, 3.05) is 0 Å². The van der Waals surface area contributed by atoms with Gasteiger partial charge in [0, 0.05) is 12.1 Å². The minimum absolute atomic E-state index is 0.130. The van der Waals surface area contributed by atoms with Gasteiger partial charge < -0.3 is 5.32 Å². The van der Waals surface area contributed by atoms with Crippen molar-refractivity contribution in [2.45, 2.75) is 64.0 Å². The van der Waals surface area contributed by atoms with E-state index < -0.39 is 0 Å². The molecule has 1 aromatic rings. The fourth-order valence-electron chi connectivity index (χ4n) is 2.92. The molecule has 0 saturated heterocycles. The standard InChI is InChI=1S/C16H24FN/c1-13(11-14-7-6-8-15(17)12-14)18-16-9-4-2-3-5-10-16/h6-8,12-13,16,18H,2-5,9-11H2,1H3. The van der Waals surface area contributed by atoms with Gasteiger partial charge in [-0.2, -0.15) is 0 Å². The number of hydrogen-bond donors (Lipinski definition) is 1. The third-order valence-electron chi connectivity index (χ3n) is 3.81.